The van der Waals surface area contributed by atoms with E-state index in [0.717, 1.165) is 29.2 Å². The van der Waals surface area contributed by atoms with Gasteiger partial charge < -0.3 is 15.0 Å². The van der Waals surface area contributed by atoms with Crippen molar-refractivity contribution in [3.8, 4) is 17.6 Å². The summed E-state index contributed by atoms with van der Waals surface area (Å²) in [5, 5.41) is 0. The first-order valence-electron chi connectivity index (χ1n) is 6.61. The Balaban J connectivity index is 1.94. The highest BCUT2D eigenvalue weighted by Crippen LogP contribution is 2.16. The van der Waals surface area contributed by atoms with Gasteiger partial charge in [0.25, 0.3) is 0 Å². The molecule has 104 valence electrons. The summed E-state index contributed by atoms with van der Waals surface area (Å²) in [6, 6.07) is 5.91. The van der Waals surface area contributed by atoms with Crippen LogP contribution in [0.25, 0.3) is 0 Å². The second kappa shape index (κ2) is 6.78. The van der Waals surface area contributed by atoms with Crippen LogP contribution in [0.1, 0.15) is 17.0 Å². The summed E-state index contributed by atoms with van der Waals surface area (Å²) in [5.41, 5.74) is 7.47. The van der Waals surface area contributed by atoms with Crippen LogP contribution in [-0.2, 0) is 6.54 Å². The van der Waals surface area contributed by atoms with Gasteiger partial charge in [0.15, 0.2) is 0 Å². The van der Waals surface area contributed by atoms with Gasteiger partial charge in [-0.2, -0.15) is 0 Å². The lowest BCUT2D eigenvalue weighted by Gasteiger charge is -2.09. The molecule has 0 atom stereocenters. The van der Waals surface area contributed by atoms with Crippen LogP contribution in [-0.4, -0.2) is 22.7 Å². The summed E-state index contributed by atoms with van der Waals surface area (Å²) in [5.74, 6) is 7.76. The Kier molecular flexibility index (Phi) is 4.80. The first-order valence-corrected chi connectivity index (χ1v) is 6.61. The molecule has 0 aliphatic heterocycles. The topological polar surface area (TPSA) is 53.1 Å². The van der Waals surface area contributed by atoms with Crippen LogP contribution in [0.5, 0.6) is 5.75 Å². The Labute approximate surface area is 119 Å². The van der Waals surface area contributed by atoms with Crippen molar-refractivity contribution < 1.29 is 4.74 Å². The Morgan fingerprint density at radius 1 is 1.35 bits per heavy atom. The third-order valence-corrected chi connectivity index (χ3v) is 3.05. The predicted molar refractivity (Wildman–Crippen MR) is 79.6 cm³/mol. The Morgan fingerprint density at radius 2 is 2.20 bits per heavy atom. The predicted octanol–water partition coefficient (Wildman–Crippen LogP) is 1.89. The molecule has 1 heterocycles. The van der Waals surface area contributed by atoms with Crippen LogP contribution >= 0.6 is 0 Å². The molecule has 2 rings (SSSR count). The molecule has 0 aliphatic carbocycles. The largest absolute Gasteiger partial charge is 0.492 e. The minimum atomic E-state index is 0.377. The van der Waals surface area contributed by atoms with E-state index in [1.807, 2.05) is 38.2 Å². The maximum Gasteiger partial charge on any atom is 0.119 e. The van der Waals surface area contributed by atoms with Crippen LogP contribution in [0, 0.1) is 25.7 Å². The highest BCUT2D eigenvalue weighted by Gasteiger charge is 2.00. The van der Waals surface area contributed by atoms with Crippen molar-refractivity contribution in [2.45, 2.75) is 20.4 Å². The van der Waals surface area contributed by atoms with Gasteiger partial charge in [0, 0.05) is 18.0 Å². The fourth-order valence-electron chi connectivity index (χ4n) is 1.91. The number of aromatic nitrogens is 2. The zero-order valence-electron chi connectivity index (χ0n) is 11.9. The fraction of sp³-hybridized carbons (Fsp3) is 0.312. The number of aryl methyl sites for hydroxylation is 2. The van der Waals surface area contributed by atoms with Crippen LogP contribution < -0.4 is 10.5 Å². The van der Waals surface area contributed by atoms with E-state index >= 15 is 0 Å². The standard InChI is InChI=1S/C16H19N3O/c1-13-12-16(6-5-15(13)4-3-7-17)20-11-10-19-9-8-18-14(19)2/h5-6,8-9,12H,7,10-11,17H2,1-2H3. The number of hydrogen-bond donors (Lipinski definition) is 1. The average molecular weight is 269 g/mol. The van der Waals surface area contributed by atoms with Crippen molar-refractivity contribution >= 4 is 0 Å². The van der Waals surface area contributed by atoms with Gasteiger partial charge in [-0.3, -0.25) is 0 Å². The number of nitrogens with two attached hydrogens (primary N) is 1. The van der Waals surface area contributed by atoms with Crippen LogP contribution in [0.2, 0.25) is 0 Å². The van der Waals surface area contributed by atoms with Crippen molar-refractivity contribution in [2.75, 3.05) is 13.2 Å². The zero-order valence-corrected chi connectivity index (χ0v) is 11.9. The summed E-state index contributed by atoms with van der Waals surface area (Å²) in [7, 11) is 0. The first-order chi connectivity index (χ1) is 9.70. The molecular weight excluding hydrogens is 250 g/mol. The lowest BCUT2D eigenvalue weighted by molar-refractivity contribution is 0.297. The first kappa shape index (κ1) is 14.2. The zero-order chi connectivity index (χ0) is 14.4. The van der Waals surface area contributed by atoms with Gasteiger partial charge in [-0.25, -0.2) is 4.98 Å². The van der Waals surface area contributed by atoms with Crippen molar-refractivity contribution in [3.63, 3.8) is 0 Å². The Hall–Kier alpha value is -2.25. The van der Waals surface area contributed by atoms with Crippen molar-refractivity contribution in [2.24, 2.45) is 5.73 Å². The molecule has 0 amide bonds. The van der Waals surface area contributed by atoms with Gasteiger partial charge in [-0.15, -0.1) is 0 Å². The van der Waals surface area contributed by atoms with E-state index in [-0.39, 0.29) is 0 Å². The van der Waals surface area contributed by atoms with E-state index in [9.17, 15) is 0 Å². The summed E-state index contributed by atoms with van der Waals surface area (Å²) < 4.78 is 7.82. The lowest BCUT2D eigenvalue weighted by atomic mass is 10.1. The van der Waals surface area contributed by atoms with Crippen molar-refractivity contribution in [1.29, 1.82) is 0 Å². The molecule has 0 bridgehead atoms. The van der Waals surface area contributed by atoms with E-state index in [0.29, 0.717) is 13.2 Å². The molecule has 0 aliphatic rings. The van der Waals surface area contributed by atoms with Gasteiger partial charge >= 0.3 is 0 Å². The molecule has 4 nitrogen and oxygen atoms in total. The quantitative estimate of drug-likeness (QED) is 0.862. The molecule has 0 radical (unpaired) electrons. The Morgan fingerprint density at radius 3 is 2.85 bits per heavy atom. The fourth-order valence-corrected chi connectivity index (χ4v) is 1.91. The second-order valence-corrected chi connectivity index (χ2v) is 4.50. The van der Waals surface area contributed by atoms with Gasteiger partial charge in [0.1, 0.15) is 18.2 Å². The average Bonchev–Trinajstić information content (AvgIpc) is 2.84. The number of ether oxygens (including phenoxy) is 1. The third-order valence-electron chi connectivity index (χ3n) is 3.05. The number of rotatable bonds is 4. The lowest BCUT2D eigenvalue weighted by Crippen LogP contribution is -2.08. The molecule has 0 saturated carbocycles. The van der Waals surface area contributed by atoms with E-state index in [1.165, 1.54) is 0 Å². The van der Waals surface area contributed by atoms with E-state index in [1.54, 1.807) is 6.20 Å². The van der Waals surface area contributed by atoms with Gasteiger partial charge in [-0.05, 0) is 37.6 Å². The van der Waals surface area contributed by atoms with E-state index in [4.69, 9.17) is 10.5 Å². The van der Waals surface area contributed by atoms with Crippen LogP contribution in [0.4, 0.5) is 0 Å². The summed E-state index contributed by atoms with van der Waals surface area (Å²) >= 11 is 0. The minimum absolute atomic E-state index is 0.377. The third kappa shape index (κ3) is 3.62. The monoisotopic (exact) mass is 269 g/mol. The maximum absolute atomic E-state index is 5.75. The molecule has 2 aromatic rings. The SMILES string of the molecule is Cc1cc(OCCn2ccnc2C)ccc1C#CCN. The molecule has 1 aromatic heterocycles. The highest BCUT2D eigenvalue weighted by atomic mass is 16.5. The normalized spacial score (nSPS) is 9.95. The summed E-state index contributed by atoms with van der Waals surface area (Å²) in [6.07, 6.45) is 3.75. The molecule has 0 fully saturated rings. The van der Waals surface area contributed by atoms with Gasteiger partial charge in [0.05, 0.1) is 13.1 Å². The maximum atomic E-state index is 5.75. The van der Waals surface area contributed by atoms with Gasteiger partial charge in [0.2, 0.25) is 0 Å². The molecule has 4 heteroatoms. The van der Waals surface area contributed by atoms with Crippen molar-refractivity contribution in [1.82, 2.24) is 9.55 Å². The molecule has 0 unspecified atom stereocenters. The minimum Gasteiger partial charge on any atom is -0.492 e. The summed E-state index contributed by atoms with van der Waals surface area (Å²) in [4.78, 5) is 4.18. The van der Waals surface area contributed by atoms with Crippen LogP contribution in [0.15, 0.2) is 30.6 Å². The number of benzene rings is 1. The van der Waals surface area contributed by atoms with Crippen molar-refractivity contribution in [3.05, 3.63) is 47.5 Å². The number of nitrogens with zero attached hydrogens (tertiary/aromatic N) is 2. The van der Waals surface area contributed by atoms with Crippen LogP contribution in [0.3, 0.4) is 0 Å². The molecule has 2 N–H and O–H groups in total. The molecule has 20 heavy (non-hydrogen) atoms. The molecule has 1 aromatic carbocycles. The Bertz CT molecular complexity index is 635. The smallest absolute Gasteiger partial charge is 0.119 e. The molecule has 0 saturated heterocycles. The number of imidazole rings is 1. The molecule has 0 spiro atoms. The highest BCUT2D eigenvalue weighted by molar-refractivity contribution is 5.44. The second-order valence-electron chi connectivity index (χ2n) is 4.50. The molecular formula is C16H19N3O. The van der Waals surface area contributed by atoms with E-state index < -0.39 is 0 Å². The van der Waals surface area contributed by atoms with E-state index in [2.05, 4.69) is 21.4 Å². The summed E-state index contributed by atoms with van der Waals surface area (Å²) in [6.45, 7) is 5.79. The number of hydrogen-bond acceptors (Lipinski definition) is 3. The van der Waals surface area contributed by atoms with Gasteiger partial charge in [-0.1, -0.05) is 11.8 Å².